The molecule has 1 aliphatic heterocycles. The number of carbonyl (C=O) groups excluding carboxylic acids is 1. The molecule has 1 aromatic carbocycles. The number of benzene rings is 1. The van der Waals surface area contributed by atoms with Gasteiger partial charge in [-0.05, 0) is 30.6 Å². The number of fused-ring (bicyclic) bond motifs is 1. The molecule has 0 saturated heterocycles. The smallest absolute Gasteiger partial charge is 0.534 e. The van der Waals surface area contributed by atoms with Crippen LogP contribution in [0.2, 0.25) is 0 Å². The number of carboxylic acid groups (broad SMARTS) is 1. The van der Waals surface area contributed by atoms with Crippen molar-refractivity contribution in [1.29, 1.82) is 0 Å². The van der Waals surface area contributed by atoms with Gasteiger partial charge in [-0.1, -0.05) is 6.07 Å². The van der Waals surface area contributed by atoms with Crippen molar-refractivity contribution >= 4 is 42.5 Å². The van der Waals surface area contributed by atoms with Crippen LogP contribution in [0.5, 0.6) is 5.75 Å². The minimum absolute atomic E-state index is 0.0536. The Bertz CT molecular complexity index is 598. The highest BCUT2D eigenvalue weighted by atomic mass is 32.2. The fourth-order valence-electron chi connectivity index (χ4n) is 2.32. The third-order valence-electron chi connectivity index (χ3n) is 3.28. The summed E-state index contributed by atoms with van der Waals surface area (Å²) in [5, 5.41) is 22.1. The van der Waals surface area contributed by atoms with Crippen molar-refractivity contribution < 1.29 is 24.4 Å². The standard InChI is InChI=1S/C13H16BNO5S2/c1-21-6-10(16)15-9-5-7-3-4-8(22-2)11(13(17)18)12(7)20-14(9)19/h3-4,9,19H,5-6H2,1-2H3,(H,15,16)(H,17,18). The minimum atomic E-state index is -1.27. The number of carboxylic acids is 1. The number of thioether (sulfide) groups is 2. The third-order valence-corrected chi connectivity index (χ3v) is 4.61. The summed E-state index contributed by atoms with van der Waals surface area (Å²) in [5.41, 5.74) is 0.716. The molecule has 1 amide bonds. The molecule has 0 fully saturated rings. The maximum Gasteiger partial charge on any atom is 0.547 e. The molecule has 0 aromatic heterocycles. The Morgan fingerprint density at radius 3 is 2.77 bits per heavy atom. The fraction of sp³-hybridized carbons (Fsp3) is 0.385. The van der Waals surface area contributed by atoms with E-state index in [9.17, 15) is 19.7 Å². The summed E-state index contributed by atoms with van der Waals surface area (Å²) in [5.74, 6) is -1.40. The minimum Gasteiger partial charge on any atom is -0.534 e. The maximum atomic E-state index is 11.6. The Balaban J connectivity index is 2.29. The average Bonchev–Trinajstić information content (AvgIpc) is 2.46. The zero-order chi connectivity index (χ0) is 16.3. The molecule has 1 aliphatic rings. The molecule has 1 aromatic rings. The first-order chi connectivity index (χ1) is 10.5. The number of nitrogens with one attached hydrogen (secondary N) is 1. The highest BCUT2D eigenvalue weighted by Crippen LogP contribution is 2.36. The lowest BCUT2D eigenvalue weighted by molar-refractivity contribution is -0.118. The molecule has 3 N–H and O–H groups in total. The number of aromatic carboxylic acids is 1. The summed E-state index contributed by atoms with van der Waals surface area (Å²) in [6.45, 7) is 0. The first-order valence-corrected chi connectivity index (χ1v) is 9.16. The summed E-state index contributed by atoms with van der Waals surface area (Å²) in [4.78, 5) is 23.7. The molecule has 0 bridgehead atoms. The summed E-state index contributed by atoms with van der Waals surface area (Å²) >= 11 is 2.68. The van der Waals surface area contributed by atoms with Crippen LogP contribution in [0.1, 0.15) is 15.9 Å². The number of carbonyl (C=O) groups is 2. The number of amides is 1. The van der Waals surface area contributed by atoms with E-state index in [2.05, 4.69) is 5.32 Å². The molecular weight excluding hydrogens is 325 g/mol. The van der Waals surface area contributed by atoms with Gasteiger partial charge in [-0.15, -0.1) is 11.8 Å². The predicted octanol–water partition coefficient (Wildman–Crippen LogP) is 0.909. The van der Waals surface area contributed by atoms with Gasteiger partial charge in [-0.25, -0.2) is 4.79 Å². The van der Waals surface area contributed by atoms with Gasteiger partial charge in [-0.3, -0.25) is 4.79 Å². The Kier molecular flexibility index (Phi) is 5.66. The second-order valence-corrected chi connectivity index (χ2v) is 6.47. The van der Waals surface area contributed by atoms with E-state index in [0.29, 0.717) is 22.6 Å². The van der Waals surface area contributed by atoms with E-state index in [-0.39, 0.29) is 17.2 Å². The van der Waals surface area contributed by atoms with E-state index in [1.807, 2.05) is 6.26 Å². The second kappa shape index (κ2) is 7.30. The van der Waals surface area contributed by atoms with Crippen LogP contribution in [0.15, 0.2) is 17.0 Å². The summed E-state index contributed by atoms with van der Waals surface area (Å²) in [6, 6.07) is 3.49. The van der Waals surface area contributed by atoms with Crippen LogP contribution in [0.25, 0.3) is 0 Å². The lowest BCUT2D eigenvalue weighted by atomic mass is 9.72. The number of rotatable bonds is 5. The molecule has 1 unspecified atom stereocenters. The third kappa shape index (κ3) is 3.53. The van der Waals surface area contributed by atoms with Gasteiger partial charge in [0.05, 0.1) is 11.7 Å². The lowest BCUT2D eigenvalue weighted by Crippen LogP contribution is -2.53. The summed E-state index contributed by atoms with van der Waals surface area (Å²) in [6.07, 6.45) is 3.91. The van der Waals surface area contributed by atoms with E-state index >= 15 is 0 Å². The first kappa shape index (κ1) is 17.0. The predicted molar refractivity (Wildman–Crippen MR) is 87.8 cm³/mol. The van der Waals surface area contributed by atoms with E-state index < -0.39 is 19.0 Å². The monoisotopic (exact) mass is 341 g/mol. The molecule has 0 aliphatic carbocycles. The van der Waals surface area contributed by atoms with Gasteiger partial charge in [-0.2, -0.15) is 11.8 Å². The summed E-state index contributed by atoms with van der Waals surface area (Å²) in [7, 11) is -1.27. The van der Waals surface area contributed by atoms with Gasteiger partial charge >= 0.3 is 13.1 Å². The van der Waals surface area contributed by atoms with Crippen LogP contribution >= 0.6 is 23.5 Å². The van der Waals surface area contributed by atoms with Crippen LogP contribution in [-0.4, -0.2) is 53.3 Å². The fourth-order valence-corrected chi connectivity index (χ4v) is 3.25. The lowest BCUT2D eigenvalue weighted by Gasteiger charge is -2.29. The molecule has 1 atom stereocenters. The Morgan fingerprint density at radius 1 is 1.45 bits per heavy atom. The van der Waals surface area contributed by atoms with Crippen LogP contribution in [0, 0.1) is 0 Å². The van der Waals surface area contributed by atoms with Crippen molar-refractivity contribution in [3.05, 3.63) is 23.3 Å². The van der Waals surface area contributed by atoms with Crippen LogP contribution in [-0.2, 0) is 11.2 Å². The highest BCUT2D eigenvalue weighted by Gasteiger charge is 2.38. The van der Waals surface area contributed by atoms with Crippen molar-refractivity contribution in [3.8, 4) is 5.75 Å². The van der Waals surface area contributed by atoms with E-state index in [1.165, 1.54) is 23.5 Å². The van der Waals surface area contributed by atoms with Gasteiger partial charge in [0.1, 0.15) is 11.3 Å². The quantitative estimate of drug-likeness (QED) is 0.541. The normalized spacial score (nSPS) is 16.7. The molecular formula is C13H16BNO5S2. The van der Waals surface area contributed by atoms with Crippen molar-refractivity contribution in [2.45, 2.75) is 17.3 Å². The molecule has 22 heavy (non-hydrogen) atoms. The molecule has 6 nitrogen and oxygen atoms in total. The molecule has 9 heteroatoms. The first-order valence-electron chi connectivity index (χ1n) is 6.54. The van der Waals surface area contributed by atoms with Gasteiger partial charge in [0.25, 0.3) is 0 Å². The molecule has 1 heterocycles. The van der Waals surface area contributed by atoms with E-state index in [4.69, 9.17) is 4.65 Å². The maximum absolute atomic E-state index is 11.6. The largest absolute Gasteiger partial charge is 0.547 e. The van der Waals surface area contributed by atoms with Crippen molar-refractivity contribution in [3.63, 3.8) is 0 Å². The van der Waals surface area contributed by atoms with Gasteiger partial charge in [0, 0.05) is 4.90 Å². The highest BCUT2D eigenvalue weighted by molar-refractivity contribution is 7.99. The van der Waals surface area contributed by atoms with Crippen molar-refractivity contribution in [2.75, 3.05) is 18.3 Å². The van der Waals surface area contributed by atoms with Crippen molar-refractivity contribution in [2.24, 2.45) is 0 Å². The average molecular weight is 341 g/mol. The number of hydrogen-bond donors (Lipinski definition) is 3. The van der Waals surface area contributed by atoms with Gasteiger partial charge in [0.2, 0.25) is 5.91 Å². The molecule has 0 saturated carbocycles. The van der Waals surface area contributed by atoms with Crippen LogP contribution < -0.4 is 9.97 Å². The van der Waals surface area contributed by atoms with Gasteiger partial charge in [0.15, 0.2) is 0 Å². The van der Waals surface area contributed by atoms with Gasteiger partial charge < -0.3 is 20.1 Å². The van der Waals surface area contributed by atoms with Crippen LogP contribution in [0.4, 0.5) is 0 Å². The second-order valence-electron chi connectivity index (χ2n) is 4.76. The zero-order valence-corrected chi connectivity index (χ0v) is 13.8. The Labute approximate surface area is 137 Å². The molecule has 0 spiro atoms. The topological polar surface area (TPSA) is 95.9 Å². The zero-order valence-electron chi connectivity index (χ0n) is 12.2. The molecule has 0 radical (unpaired) electrons. The van der Waals surface area contributed by atoms with Crippen molar-refractivity contribution in [1.82, 2.24) is 5.32 Å². The van der Waals surface area contributed by atoms with E-state index in [1.54, 1.807) is 18.4 Å². The van der Waals surface area contributed by atoms with E-state index in [0.717, 1.165) is 0 Å². The Hall–Kier alpha value is -1.32. The van der Waals surface area contributed by atoms with Crippen LogP contribution in [0.3, 0.4) is 0 Å². The molecule has 118 valence electrons. The Morgan fingerprint density at radius 2 is 2.18 bits per heavy atom. The number of hydrogen-bond acceptors (Lipinski definition) is 6. The molecule has 2 rings (SSSR count). The summed E-state index contributed by atoms with van der Waals surface area (Å²) < 4.78 is 5.40. The SMILES string of the molecule is CSCC(=O)NC1Cc2ccc(SC)c(C(=O)O)c2OB1O.